The van der Waals surface area contributed by atoms with Crippen molar-refractivity contribution in [3.8, 4) is 22.8 Å². The minimum atomic E-state index is 0.174. The molecule has 1 aliphatic rings. The molecule has 1 aromatic carbocycles. The molecule has 3 heterocycles. The van der Waals surface area contributed by atoms with Gasteiger partial charge >= 0.3 is 0 Å². The van der Waals surface area contributed by atoms with Gasteiger partial charge in [0, 0.05) is 42.3 Å². The van der Waals surface area contributed by atoms with Gasteiger partial charge in [-0.3, -0.25) is 0 Å². The fraction of sp³-hybridized carbons (Fsp3) is 0.333. The molecule has 1 aliphatic heterocycles. The van der Waals surface area contributed by atoms with Crippen LogP contribution in [0.1, 0.15) is 6.42 Å². The second kappa shape index (κ2) is 8.71. The largest absolute Gasteiger partial charge is 0.495 e. The van der Waals surface area contributed by atoms with Gasteiger partial charge in [-0.15, -0.1) is 0 Å². The molecule has 2 aromatic heterocycles. The van der Waals surface area contributed by atoms with Crippen LogP contribution in [0.4, 0.5) is 11.6 Å². The third-order valence-corrected chi connectivity index (χ3v) is 5.82. The van der Waals surface area contributed by atoms with E-state index in [1.54, 1.807) is 26.5 Å². The first-order chi connectivity index (χ1) is 14.5. The van der Waals surface area contributed by atoms with Gasteiger partial charge in [-0.1, -0.05) is 23.2 Å². The lowest BCUT2D eigenvalue weighted by Crippen LogP contribution is -2.20. The summed E-state index contributed by atoms with van der Waals surface area (Å²) in [7, 11) is 4.92. The van der Waals surface area contributed by atoms with Crippen LogP contribution >= 0.6 is 23.2 Å². The number of benzene rings is 1. The molecule has 7 nitrogen and oxygen atoms in total. The zero-order valence-corrected chi connectivity index (χ0v) is 18.4. The normalized spacial score (nSPS) is 16.0. The van der Waals surface area contributed by atoms with Gasteiger partial charge in [-0.05, 0) is 18.6 Å². The number of methoxy groups -OCH3 is 2. The molecule has 0 aliphatic carbocycles. The van der Waals surface area contributed by atoms with Crippen LogP contribution < -0.4 is 20.1 Å². The number of ether oxygens (including phenoxy) is 3. The smallest absolute Gasteiger partial charge is 0.141 e. The summed E-state index contributed by atoms with van der Waals surface area (Å²) in [5, 5.41) is 9.14. The van der Waals surface area contributed by atoms with Crippen LogP contribution in [0.15, 0.2) is 24.4 Å². The molecule has 3 aromatic rings. The standard InChI is InChI=1S/C21H22Cl2N4O3/c1-24-17-7-13-11(9-25-17)6-14(27-21(13)26-12-4-5-30-10-12)18-19(22)15(28-2)8-16(29-3)20(18)23/h6-9,12H,4-5,10H2,1-3H3,(H,24,25)(H,26,27). The summed E-state index contributed by atoms with van der Waals surface area (Å²) in [5.41, 5.74) is 1.13. The van der Waals surface area contributed by atoms with Crippen molar-refractivity contribution >= 4 is 45.6 Å². The average molecular weight is 449 g/mol. The van der Waals surface area contributed by atoms with Crippen LogP contribution in [-0.4, -0.2) is 50.5 Å². The highest BCUT2D eigenvalue weighted by atomic mass is 35.5. The number of anilines is 2. The maximum absolute atomic E-state index is 6.63. The molecule has 1 atom stereocenters. The van der Waals surface area contributed by atoms with Crippen molar-refractivity contribution in [3.63, 3.8) is 0 Å². The fourth-order valence-corrected chi connectivity index (χ4v) is 4.17. The summed E-state index contributed by atoms with van der Waals surface area (Å²) < 4.78 is 16.3. The minimum Gasteiger partial charge on any atom is -0.495 e. The van der Waals surface area contributed by atoms with Crippen molar-refractivity contribution in [2.24, 2.45) is 0 Å². The number of rotatable bonds is 6. The van der Waals surface area contributed by atoms with E-state index in [-0.39, 0.29) is 6.04 Å². The Morgan fingerprint density at radius 3 is 2.43 bits per heavy atom. The topological polar surface area (TPSA) is 77.5 Å². The lowest BCUT2D eigenvalue weighted by atomic mass is 10.1. The van der Waals surface area contributed by atoms with E-state index >= 15 is 0 Å². The quantitative estimate of drug-likeness (QED) is 0.556. The van der Waals surface area contributed by atoms with Crippen LogP contribution in [0.2, 0.25) is 10.0 Å². The lowest BCUT2D eigenvalue weighted by molar-refractivity contribution is 0.195. The SMILES string of the molecule is CNc1cc2c(NC3CCOC3)nc(-c3c(Cl)c(OC)cc(OC)c3Cl)cc2cn1. The molecule has 4 rings (SSSR count). The first-order valence-corrected chi connectivity index (χ1v) is 10.2. The number of pyridine rings is 2. The van der Waals surface area contributed by atoms with Crippen LogP contribution in [0.3, 0.4) is 0 Å². The summed E-state index contributed by atoms with van der Waals surface area (Å²) in [4.78, 5) is 9.32. The maximum atomic E-state index is 6.63. The van der Waals surface area contributed by atoms with Crippen molar-refractivity contribution in [3.05, 3.63) is 34.4 Å². The van der Waals surface area contributed by atoms with E-state index in [2.05, 4.69) is 15.6 Å². The number of aromatic nitrogens is 2. The minimum absolute atomic E-state index is 0.174. The second-order valence-corrected chi connectivity index (χ2v) is 7.64. The van der Waals surface area contributed by atoms with Gasteiger partial charge in [0.05, 0.1) is 42.6 Å². The summed E-state index contributed by atoms with van der Waals surface area (Å²) in [6, 6.07) is 5.70. The van der Waals surface area contributed by atoms with Crippen LogP contribution in [0, 0.1) is 0 Å². The van der Waals surface area contributed by atoms with Crippen molar-refractivity contribution in [2.45, 2.75) is 12.5 Å². The number of fused-ring (bicyclic) bond motifs is 1. The number of nitrogens with zero attached hydrogens (tertiary/aromatic N) is 2. The van der Waals surface area contributed by atoms with Crippen LogP contribution in [0.5, 0.6) is 11.5 Å². The Morgan fingerprint density at radius 2 is 1.83 bits per heavy atom. The van der Waals surface area contributed by atoms with Crippen LogP contribution in [0.25, 0.3) is 22.0 Å². The molecule has 9 heteroatoms. The van der Waals surface area contributed by atoms with Gasteiger partial charge in [-0.25, -0.2) is 9.97 Å². The number of nitrogens with one attached hydrogen (secondary N) is 2. The van der Waals surface area contributed by atoms with Gasteiger partial charge in [0.25, 0.3) is 0 Å². The first kappa shape index (κ1) is 20.8. The molecule has 158 valence electrons. The lowest BCUT2D eigenvalue weighted by Gasteiger charge is -2.18. The average Bonchev–Trinajstić information content (AvgIpc) is 3.27. The van der Waals surface area contributed by atoms with Crippen LogP contribution in [-0.2, 0) is 4.74 Å². The number of halogens is 2. The Labute approximate surface area is 184 Å². The third-order valence-electron chi connectivity index (χ3n) is 5.07. The van der Waals surface area contributed by atoms with Gasteiger partial charge in [0.2, 0.25) is 0 Å². The maximum Gasteiger partial charge on any atom is 0.141 e. The van der Waals surface area contributed by atoms with Crippen molar-refractivity contribution in [2.75, 3.05) is 45.1 Å². The van der Waals surface area contributed by atoms with Gasteiger partial charge < -0.3 is 24.8 Å². The molecular weight excluding hydrogens is 427 g/mol. The summed E-state index contributed by atoms with van der Waals surface area (Å²) in [6.45, 7) is 1.36. The Morgan fingerprint density at radius 1 is 1.10 bits per heavy atom. The molecule has 0 bridgehead atoms. The molecule has 1 saturated heterocycles. The first-order valence-electron chi connectivity index (χ1n) is 9.48. The second-order valence-electron chi connectivity index (χ2n) is 6.89. The highest BCUT2D eigenvalue weighted by Crippen LogP contribution is 2.46. The van der Waals surface area contributed by atoms with E-state index in [1.807, 2.05) is 19.2 Å². The highest BCUT2D eigenvalue weighted by Gasteiger charge is 2.23. The van der Waals surface area contributed by atoms with Gasteiger partial charge in [0.15, 0.2) is 0 Å². The molecule has 0 saturated carbocycles. The summed E-state index contributed by atoms with van der Waals surface area (Å²) in [5.74, 6) is 2.38. The molecule has 1 unspecified atom stereocenters. The summed E-state index contributed by atoms with van der Waals surface area (Å²) >= 11 is 13.3. The van der Waals surface area contributed by atoms with Crippen molar-refractivity contribution in [1.82, 2.24) is 9.97 Å². The number of hydrogen-bond acceptors (Lipinski definition) is 7. The predicted octanol–water partition coefficient (Wildman–Crippen LogP) is 4.86. The predicted molar refractivity (Wildman–Crippen MR) is 120 cm³/mol. The molecule has 0 spiro atoms. The molecular formula is C21H22Cl2N4O3. The highest BCUT2D eigenvalue weighted by molar-refractivity contribution is 6.41. The zero-order chi connectivity index (χ0) is 21.3. The summed E-state index contributed by atoms with van der Waals surface area (Å²) in [6.07, 6.45) is 2.70. The molecule has 1 fully saturated rings. The van der Waals surface area contributed by atoms with E-state index < -0.39 is 0 Å². The third kappa shape index (κ3) is 3.80. The van der Waals surface area contributed by atoms with E-state index in [9.17, 15) is 0 Å². The van der Waals surface area contributed by atoms with Crippen molar-refractivity contribution < 1.29 is 14.2 Å². The van der Waals surface area contributed by atoms with Gasteiger partial charge in [-0.2, -0.15) is 0 Å². The molecule has 0 radical (unpaired) electrons. The molecule has 0 amide bonds. The van der Waals surface area contributed by atoms with E-state index in [1.165, 1.54) is 0 Å². The Balaban J connectivity index is 1.94. The van der Waals surface area contributed by atoms with Crippen molar-refractivity contribution in [1.29, 1.82) is 0 Å². The molecule has 30 heavy (non-hydrogen) atoms. The Hall–Kier alpha value is -2.48. The molecule has 2 N–H and O–H groups in total. The Kier molecular flexibility index (Phi) is 6.04. The van der Waals surface area contributed by atoms with E-state index in [4.69, 9.17) is 42.4 Å². The van der Waals surface area contributed by atoms with E-state index in [0.717, 1.165) is 29.6 Å². The fourth-order valence-electron chi connectivity index (χ4n) is 3.47. The Bertz CT molecular complexity index is 1060. The zero-order valence-electron chi connectivity index (χ0n) is 16.9. The number of hydrogen-bond donors (Lipinski definition) is 2. The van der Waals surface area contributed by atoms with Gasteiger partial charge in [0.1, 0.15) is 23.1 Å². The monoisotopic (exact) mass is 448 g/mol. The van der Waals surface area contributed by atoms with E-state index in [0.29, 0.717) is 45.2 Å².